The van der Waals surface area contributed by atoms with Crippen molar-refractivity contribution in [3.05, 3.63) is 76.2 Å². The highest BCUT2D eigenvalue weighted by Crippen LogP contribution is 2.31. The topological polar surface area (TPSA) is 77.8 Å². The molecule has 4 aromatic rings. The molecule has 136 valence electrons. The predicted molar refractivity (Wildman–Crippen MR) is 110 cm³/mol. The molecule has 2 heterocycles. The van der Waals surface area contributed by atoms with E-state index in [-0.39, 0.29) is 16.4 Å². The van der Waals surface area contributed by atoms with Gasteiger partial charge in [-0.15, -0.1) is 0 Å². The Hall–Kier alpha value is -3.34. The standard InChI is InChI=1S/C22H21N3O2/c1-22(2,3)17-12-24-19-10-13(8-9-14(17)19)25-21(27)16-11-23-18-7-5-4-6-15(18)20(16)26/h4-12,24H,1-3H3,(H,23,26)(H,25,27). The molecule has 2 aromatic heterocycles. The molecule has 3 N–H and O–H groups in total. The van der Waals surface area contributed by atoms with Crippen LogP contribution in [0.3, 0.4) is 0 Å². The number of aromatic nitrogens is 2. The number of hydrogen-bond acceptors (Lipinski definition) is 2. The summed E-state index contributed by atoms with van der Waals surface area (Å²) >= 11 is 0. The highest BCUT2D eigenvalue weighted by molar-refractivity contribution is 6.06. The van der Waals surface area contributed by atoms with Gasteiger partial charge in [0.25, 0.3) is 5.91 Å². The van der Waals surface area contributed by atoms with Crippen molar-refractivity contribution < 1.29 is 4.79 Å². The lowest BCUT2D eigenvalue weighted by Crippen LogP contribution is -2.21. The molecule has 0 fully saturated rings. The van der Waals surface area contributed by atoms with E-state index in [1.165, 1.54) is 11.8 Å². The van der Waals surface area contributed by atoms with Crippen molar-refractivity contribution in [2.75, 3.05) is 5.32 Å². The summed E-state index contributed by atoms with van der Waals surface area (Å²) in [6, 6.07) is 12.9. The number of H-pyrrole nitrogens is 2. The normalized spacial score (nSPS) is 11.8. The molecule has 0 spiro atoms. The molecule has 2 aromatic carbocycles. The Morgan fingerprint density at radius 1 is 0.926 bits per heavy atom. The number of amides is 1. The zero-order chi connectivity index (χ0) is 19.2. The monoisotopic (exact) mass is 359 g/mol. The molecule has 0 unspecified atom stereocenters. The van der Waals surface area contributed by atoms with Crippen LogP contribution in [0.2, 0.25) is 0 Å². The molecule has 5 heteroatoms. The molecule has 0 aliphatic heterocycles. The minimum Gasteiger partial charge on any atom is -0.361 e. The lowest BCUT2D eigenvalue weighted by atomic mass is 9.87. The van der Waals surface area contributed by atoms with Crippen molar-refractivity contribution in [1.82, 2.24) is 9.97 Å². The number of aromatic amines is 2. The molecular weight excluding hydrogens is 338 g/mol. The summed E-state index contributed by atoms with van der Waals surface area (Å²) in [4.78, 5) is 31.5. The largest absolute Gasteiger partial charge is 0.361 e. The zero-order valence-corrected chi connectivity index (χ0v) is 15.5. The third-order valence-electron chi connectivity index (χ3n) is 4.78. The maximum atomic E-state index is 12.6. The van der Waals surface area contributed by atoms with E-state index in [0.29, 0.717) is 16.6 Å². The van der Waals surface area contributed by atoms with E-state index in [9.17, 15) is 9.59 Å². The molecule has 0 saturated heterocycles. The van der Waals surface area contributed by atoms with Gasteiger partial charge in [0.2, 0.25) is 5.43 Å². The molecule has 0 saturated carbocycles. The van der Waals surface area contributed by atoms with Crippen molar-refractivity contribution in [2.45, 2.75) is 26.2 Å². The van der Waals surface area contributed by atoms with Crippen molar-refractivity contribution in [2.24, 2.45) is 0 Å². The van der Waals surface area contributed by atoms with Crippen LogP contribution in [0, 0.1) is 0 Å². The second-order valence-corrected chi connectivity index (χ2v) is 7.74. The number of rotatable bonds is 2. The average molecular weight is 359 g/mol. The first-order valence-electron chi connectivity index (χ1n) is 8.88. The van der Waals surface area contributed by atoms with Gasteiger partial charge in [-0.2, -0.15) is 0 Å². The first-order chi connectivity index (χ1) is 12.8. The lowest BCUT2D eigenvalue weighted by Gasteiger charge is -2.17. The fourth-order valence-corrected chi connectivity index (χ4v) is 3.36. The van der Waals surface area contributed by atoms with Gasteiger partial charge in [-0.1, -0.05) is 39.0 Å². The minimum atomic E-state index is -0.427. The molecule has 4 rings (SSSR count). The van der Waals surface area contributed by atoms with Crippen molar-refractivity contribution in [3.8, 4) is 0 Å². The minimum absolute atomic E-state index is 0.0292. The van der Waals surface area contributed by atoms with E-state index in [2.05, 4.69) is 36.1 Å². The first-order valence-corrected chi connectivity index (χ1v) is 8.88. The highest BCUT2D eigenvalue weighted by atomic mass is 16.2. The number of fused-ring (bicyclic) bond motifs is 2. The third-order valence-corrected chi connectivity index (χ3v) is 4.78. The van der Waals surface area contributed by atoms with Gasteiger partial charge >= 0.3 is 0 Å². The van der Waals surface area contributed by atoms with Crippen LogP contribution in [0.25, 0.3) is 21.8 Å². The van der Waals surface area contributed by atoms with E-state index >= 15 is 0 Å². The second-order valence-electron chi connectivity index (χ2n) is 7.74. The number of anilines is 1. The van der Waals surface area contributed by atoms with Crippen LogP contribution in [-0.2, 0) is 5.41 Å². The molecule has 1 amide bonds. The van der Waals surface area contributed by atoms with Gasteiger partial charge in [0, 0.05) is 39.9 Å². The summed E-state index contributed by atoms with van der Waals surface area (Å²) in [7, 11) is 0. The van der Waals surface area contributed by atoms with Gasteiger partial charge in [0.05, 0.1) is 0 Å². The van der Waals surface area contributed by atoms with Crippen molar-refractivity contribution >= 4 is 33.4 Å². The Bertz CT molecular complexity index is 1230. The average Bonchev–Trinajstić information content (AvgIpc) is 3.05. The SMILES string of the molecule is CC(C)(C)c1c[nH]c2cc(NC(=O)c3c[nH]c4ccccc4c3=O)ccc12. The van der Waals surface area contributed by atoms with Crippen LogP contribution in [0.1, 0.15) is 36.7 Å². The quantitative estimate of drug-likeness (QED) is 0.491. The number of hydrogen-bond donors (Lipinski definition) is 3. The number of carbonyl (C=O) groups is 1. The van der Waals surface area contributed by atoms with Crippen LogP contribution in [0.4, 0.5) is 5.69 Å². The fourth-order valence-electron chi connectivity index (χ4n) is 3.36. The van der Waals surface area contributed by atoms with Gasteiger partial charge in [-0.05, 0) is 35.2 Å². The van der Waals surface area contributed by atoms with Crippen molar-refractivity contribution in [3.63, 3.8) is 0 Å². The maximum absolute atomic E-state index is 12.6. The Balaban J connectivity index is 1.67. The summed E-state index contributed by atoms with van der Waals surface area (Å²) in [5.41, 5.74) is 3.37. The lowest BCUT2D eigenvalue weighted by molar-refractivity contribution is 0.102. The first kappa shape index (κ1) is 17.1. The summed E-state index contributed by atoms with van der Waals surface area (Å²) in [5.74, 6) is -0.427. The van der Waals surface area contributed by atoms with Crippen LogP contribution < -0.4 is 10.7 Å². The summed E-state index contributed by atoms with van der Waals surface area (Å²) in [5, 5.41) is 4.45. The van der Waals surface area contributed by atoms with E-state index in [1.54, 1.807) is 12.1 Å². The molecule has 5 nitrogen and oxygen atoms in total. The van der Waals surface area contributed by atoms with Gasteiger partial charge in [0.15, 0.2) is 0 Å². The van der Waals surface area contributed by atoms with Crippen LogP contribution >= 0.6 is 0 Å². The highest BCUT2D eigenvalue weighted by Gasteiger charge is 2.19. The van der Waals surface area contributed by atoms with E-state index in [0.717, 1.165) is 10.9 Å². The Morgan fingerprint density at radius 2 is 1.67 bits per heavy atom. The number of benzene rings is 2. The Labute approximate surface area is 156 Å². The van der Waals surface area contributed by atoms with Gasteiger partial charge in [0.1, 0.15) is 5.56 Å². The number of carbonyl (C=O) groups excluding carboxylic acids is 1. The Morgan fingerprint density at radius 3 is 2.44 bits per heavy atom. The van der Waals surface area contributed by atoms with Gasteiger partial charge in [-0.3, -0.25) is 9.59 Å². The molecular formula is C22H21N3O2. The molecule has 0 aliphatic carbocycles. The van der Waals surface area contributed by atoms with E-state index in [4.69, 9.17) is 0 Å². The predicted octanol–water partition coefficient (Wildman–Crippen LogP) is 4.56. The molecule has 0 atom stereocenters. The number of pyridine rings is 1. The maximum Gasteiger partial charge on any atom is 0.261 e. The molecule has 0 bridgehead atoms. The summed E-state index contributed by atoms with van der Waals surface area (Å²) in [6.07, 6.45) is 3.47. The number of para-hydroxylation sites is 1. The van der Waals surface area contributed by atoms with Crippen LogP contribution in [-0.4, -0.2) is 15.9 Å². The van der Waals surface area contributed by atoms with Crippen LogP contribution in [0.5, 0.6) is 0 Å². The molecule has 0 radical (unpaired) electrons. The zero-order valence-electron chi connectivity index (χ0n) is 15.5. The van der Waals surface area contributed by atoms with E-state index < -0.39 is 5.91 Å². The number of nitrogens with one attached hydrogen (secondary N) is 3. The summed E-state index contributed by atoms with van der Waals surface area (Å²) in [6.45, 7) is 6.49. The van der Waals surface area contributed by atoms with E-state index in [1.807, 2.05) is 36.5 Å². The van der Waals surface area contributed by atoms with Gasteiger partial charge < -0.3 is 15.3 Å². The molecule has 27 heavy (non-hydrogen) atoms. The Kier molecular flexibility index (Phi) is 3.88. The third kappa shape index (κ3) is 3.01. The second kappa shape index (κ2) is 6.13. The van der Waals surface area contributed by atoms with Gasteiger partial charge in [-0.25, -0.2) is 0 Å². The fraction of sp³-hybridized carbons (Fsp3) is 0.182. The summed E-state index contributed by atoms with van der Waals surface area (Å²) < 4.78 is 0. The smallest absolute Gasteiger partial charge is 0.261 e. The molecule has 0 aliphatic rings. The van der Waals surface area contributed by atoms with Crippen LogP contribution in [0.15, 0.2) is 59.7 Å². The van der Waals surface area contributed by atoms with Crippen molar-refractivity contribution in [1.29, 1.82) is 0 Å².